The molecule has 0 saturated carbocycles. The van der Waals surface area contributed by atoms with E-state index in [0.29, 0.717) is 11.3 Å². The highest BCUT2D eigenvalue weighted by molar-refractivity contribution is 6.06. The molecule has 1 amide bonds. The topological polar surface area (TPSA) is 29.5 Å². The molecule has 0 aliphatic rings. The lowest BCUT2D eigenvalue weighted by Gasteiger charge is -2.24. The number of rotatable bonds is 5. The molecule has 0 aromatic heterocycles. The number of ether oxygens (including phenoxy) is 1. The van der Waals surface area contributed by atoms with Crippen LogP contribution >= 0.6 is 0 Å². The number of carbonyl (C=O) groups excluding carboxylic acids is 1. The average molecular weight is 311 g/mol. The van der Waals surface area contributed by atoms with Crippen molar-refractivity contribution in [3.8, 4) is 5.75 Å². The van der Waals surface area contributed by atoms with Crippen LogP contribution in [0, 0.1) is 0 Å². The van der Waals surface area contributed by atoms with Gasteiger partial charge in [-0.25, -0.2) is 0 Å². The summed E-state index contributed by atoms with van der Waals surface area (Å²) < 4.78 is 5.34. The SMILES string of the molecule is CCC(C)(C)c1ccc(C(=O)N(C)c2ccccc2OC)cc1. The Hall–Kier alpha value is -2.29. The van der Waals surface area contributed by atoms with Crippen LogP contribution in [0.15, 0.2) is 48.5 Å². The standard InChI is InChI=1S/C20H25NO2/c1-6-20(2,3)16-13-11-15(12-14-16)19(22)21(4)17-9-7-8-10-18(17)23-5/h7-14H,6H2,1-5H3. The van der Waals surface area contributed by atoms with Crippen LogP contribution in [-0.4, -0.2) is 20.1 Å². The lowest BCUT2D eigenvalue weighted by Crippen LogP contribution is -2.26. The molecule has 2 aromatic carbocycles. The predicted molar refractivity (Wildman–Crippen MR) is 95.5 cm³/mol. The van der Waals surface area contributed by atoms with Gasteiger partial charge in [0.1, 0.15) is 5.75 Å². The van der Waals surface area contributed by atoms with Crippen molar-refractivity contribution in [2.75, 3.05) is 19.1 Å². The van der Waals surface area contributed by atoms with Crippen LogP contribution in [0.25, 0.3) is 0 Å². The van der Waals surface area contributed by atoms with E-state index in [0.717, 1.165) is 12.1 Å². The van der Waals surface area contributed by atoms with Crippen molar-refractivity contribution in [1.29, 1.82) is 0 Å². The number of nitrogens with zero attached hydrogens (tertiary/aromatic N) is 1. The lowest BCUT2D eigenvalue weighted by atomic mass is 9.82. The molecule has 0 aliphatic heterocycles. The Kier molecular flexibility index (Phi) is 5.09. The van der Waals surface area contributed by atoms with Crippen molar-refractivity contribution in [2.45, 2.75) is 32.6 Å². The molecule has 0 aliphatic carbocycles. The van der Waals surface area contributed by atoms with Gasteiger partial charge in [0.25, 0.3) is 5.91 Å². The van der Waals surface area contributed by atoms with Gasteiger partial charge in [0.05, 0.1) is 12.8 Å². The molecular formula is C20H25NO2. The van der Waals surface area contributed by atoms with E-state index in [1.807, 2.05) is 48.5 Å². The molecule has 0 saturated heterocycles. The van der Waals surface area contributed by atoms with Gasteiger partial charge in [-0.1, -0.05) is 45.0 Å². The molecule has 0 N–H and O–H groups in total. The Morgan fingerprint density at radius 2 is 1.70 bits per heavy atom. The van der Waals surface area contributed by atoms with Crippen LogP contribution in [0.3, 0.4) is 0 Å². The number of benzene rings is 2. The number of anilines is 1. The van der Waals surface area contributed by atoms with Crippen LogP contribution in [0.4, 0.5) is 5.69 Å². The first-order valence-corrected chi connectivity index (χ1v) is 7.92. The molecule has 0 unspecified atom stereocenters. The van der Waals surface area contributed by atoms with Crippen molar-refractivity contribution >= 4 is 11.6 Å². The van der Waals surface area contributed by atoms with E-state index in [4.69, 9.17) is 4.74 Å². The first-order chi connectivity index (χ1) is 10.9. The van der Waals surface area contributed by atoms with Crippen molar-refractivity contribution in [1.82, 2.24) is 0 Å². The summed E-state index contributed by atoms with van der Waals surface area (Å²) in [5.74, 6) is 0.641. The maximum atomic E-state index is 12.7. The zero-order chi connectivity index (χ0) is 17.0. The van der Waals surface area contributed by atoms with Crippen molar-refractivity contribution in [2.24, 2.45) is 0 Å². The Bertz CT molecular complexity index is 674. The number of hydrogen-bond donors (Lipinski definition) is 0. The number of methoxy groups -OCH3 is 1. The van der Waals surface area contributed by atoms with E-state index in [1.165, 1.54) is 5.56 Å². The Morgan fingerprint density at radius 3 is 2.26 bits per heavy atom. The molecular weight excluding hydrogens is 286 g/mol. The largest absolute Gasteiger partial charge is 0.495 e. The summed E-state index contributed by atoms with van der Waals surface area (Å²) in [5, 5.41) is 0. The van der Waals surface area contributed by atoms with Crippen LogP contribution in [-0.2, 0) is 5.41 Å². The third-order valence-corrected chi connectivity index (χ3v) is 4.55. The van der Waals surface area contributed by atoms with Gasteiger partial charge in [0.2, 0.25) is 0 Å². The van der Waals surface area contributed by atoms with Crippen LogP contribution in [0.2, 0.25) is 0 Å². The van der Waals surface area contributed by atoms with Crippen LogP contribution in [0.1, 0.15) is 43.1 Å². The van der Waals surface area contributed by atoms with Gasteiger partial charge >= 0.3 is 0 Å². The molecule has 23 heavy (non-hydrogen) atoms. The maximum absolute atomic E-state index is 12.7. The highest BCUT2D eigenvalue weighted by atomic mass is 16.5. The zero-order valence-electron chi connectivity index (χ0n) is 14.6. The Morgan fingerprint density at radius 1 is 1.09 bits per heavy atom. The van der Waals surface area contributed by atoms with E-state index >= 15 is 0 Å². The summed E-state index contributed by atoms with van der Waals surface area (Å²) in [6.45, 7) is 6.60. The van der Waals surface area contributed by atoms with Gasteiger partial charge in [-0.3, -0.25) is 4.79 Å². The first-order valence-electron chi connectivity index (χ1n) is 7.92. The summed E-state index contributed by atoms with van der Waals surface area (Å²) in [5.41, 5.74) is 2.80. The summed E-state index contributed by atoms with van der Waals surface area (Å²) in [7, 11) is 3.38. The van der Waals surface area contributed by atoms with Gasteiger partial charge in [0, 0.05) is 12.6 Å². The molecule has 2 aromatic rings. The summed E-state index contributed by atoms with van der Waals surface area (Å²) >= 11 is 0. The van der Waals surface area contributed by atoms with Crippen molar-refractivity contribution in [3.05, 3.63) is 59.7 Å². The van der Waals surface area contributed by atoms with Crippen molar-refractivity contribution < 1.29 is 9.53 Å². The minimum absolute atomic E-state index is 0.0460. The Balaban J connectivity index is 2.26. The molecule has 0 heterocycles. The summed E-state index contributed by atoms with van der Waals surface area (Å²) in [4.78, 5) is 14.3. The van der Waals surface area contributed by atoms with Gasteiger partial charge in [-0.05, 0) is 41.7 Å². The number of amides is 1. The predicted octanol–water partition coefficient (Wildman–Crippen LogP) is 4.66. The second-order valence-corrected chi connectivity index (χ2v) is 6.35. The number of carbonyl (C=O) groups is 1. The van der Waals surface area contributed by atoms with Gasteiger partial charge in [-0.2, -0.15) is 0 Å². The van der Waals surface area contributed by atoms with Crippen LogP contribution in [0.5, 0.6) is 5.75 Å². The highest BCUT2D eigenvalue weighted by Crippen LogP contribution is 2.29. The average Bonchev–Trinajstić information content (AvgIpc) is 2.60. The van der Waals surface area contributed by atoms with E-state index in [9.17, 15) is 4.79 Å². The summed E-state index contributed by atoms with van der Waals surface area (Å²) in [6, 6.07) is 15.4. The van der Waals surface area contributed by atoms with E-state index in [2.05, 4.69) is 20.8 Å². The number of hydrogen-bond acceptors (Lipinski definition) is 2. The summed E-state index contributed by atoms with van der Waals surface area (Å²) in [6.07, 6.45) is 1.06. The van der Waals surface area contributed by atoms with Gasteiger partial charge < -0.3 is 9.64 Å². The normalized spacial score (nSPS) is 11.2. The molecule has 0 atom stereocenters. The fourth-order valence-electron chi connectivity index (χ4n) is 2.48. The van der Waals surface area contributed by atoms with E-state index in [-0.39, 0.29) is 11.3 Å². The fourth-order valence-corrected chi connectivity index (χ4v) is 2.48. The van der Waals surface area contributed by atoms with E-state index in [1.54, 1.807) is 19.1 Å². The molecule has 0 spiro atoms. The minimum Gasteiger partial charge on any atom is -0.495 e. The third kappa shape index (κ3) is 3.55. The molecule has 2 rings (SSSR count). The number of para-hydroxylation sites is 2. The lowest BCUT2D eigenvalue weighted by molar-refractivity contribution is 0.0992. The van der Waals surface area contributed by atoms with Gasteiger partial charge in [0.15, 0.2) is 0 Å². The van der Waals surface area contributed by atoms with Crippen molar-refractivity contribution in [3.63, 3.8) is 0 Å². The molecule has 3 heteroatoms. The molecule has 0 fully saturated rings. The monoisotopic (exact) mass is 311 g/mol. The van der Waals surface area contributed by atoms with E-state index < -0.39 is 0 Å². The quantitative estimate of drug-likeness (QED) is 0.803. The molecule has 122 valence electrons. The minimum atomic E-state index is -0.0460. The smallest absolute Gasteiger partial charge is 0.258 e. The highest BCUT2D eigenvalue weighted by Gasteiger charge is 2.20. The maximum Gasteiger partial charge on any atom is 0.258 e. The molecule has 0 radical (unpaired) electrons. The van der Waals surface area contributed by atoms with Gasteiger partial charge in [-0.15, -0.1) is 0 Å². The second kappa shape index (κ2) is 6.86. The first kappa shape index (κ1) is 17.1. The fraction of sp³-hybridized carbons (Fsp3) is 0.350. The second-order valence-electron chi connectivity index (χ2n) is 6.35. The third-order valence-electron chi connectivity index (χ3n) is 4.55. The van der Waals surface area contributed by atoms with Crippen LogP contribution < -0.4 is 9.64 Å². The molecule has 3 nitrogen and oxygen atoms in total. The molecule has 0 bridgehead atoms. The Labute approximate surface area is 138 Å². The zero-order valence-corrected chi connectivity index (χ0v) is 14.6.